The average Bonchev–Trinajstić information content (AvgIpc) is 3.63. The maximum Gasteiger partial charge on any atom is 0.573 e. The number of hydrogen-bond donors (Lipinski definition) is 1. The van der Waals surface area contributed by atoms with Crippen molar-refractivity contribution in [1.82, 2.24) is 20.1 Å². The molecule has 2 amide bonds. The molecule has 1 aromatic heterocycles. The van der Waals surface area contributed by atoms with E-state index in [-0.39, 0.29) is 17.8 Å². The molecule has 44 heavy (non-hydrogen) atoms. The zero-order valence-electron chi connectivity index (χ0n) is 24.6. The molecule has 1 aliphatic rings. The molecule has 0 spiro atoms. The van der Waals surface area contributed by atoms with Crippen molar-refractivity contribution >= 4 is 28.6 Å². The Morgan fingerprint density at radius 1 is 1.07 bits per heavy atom. The van der Waals surface area contributed by atoms with Gasteiger partial charge >= 0.3 is 12.4 Å². The van der Waals surface area contributed by atoms with E-state index in [2.05, 4.69) is 56.0 Å². The molecule has 1 aliphatic heterocycles. The zero-order chi connectivity index (χ0) is 31.3. The first-order valence-corrected chi connectivity index (χ1v) is 15.3. The fourth-order valence-corrected chi connectivity index (χ4v) is 6.03. The number of ether oxygens (including phenoxy) is 1. The van der Waals surface area contributed by atoms with Gasteiger partial charge in [0.15, 0.2) is 11.0 Å². The number of anilines is 1. The predicted molar refractivity (Wildman–Crippen MR) is 168 cm³/mol. The van der Waals surface area contributed by atoms with Gasteiger partial charge in [-0.05, 0) is 81.0 Å². The molecular weight excluding hydrogens is 589 g/mol. The summed E-state index contributed by atoms with van der Waals surface area (Å²) in [6, 6.07) is 19.2. The van der Waals surface area contributed by atoms with Gasteiger partial charge in [0.05, 0.1) is 5.69 Å². The van der Waals surface area contributed by atoms with E-state index in [1.165, 1.54) is 46.4 Å². The Balaban J connectivity index is 1.10. The van der Waals surface area contributed by atoms with Gasteiger partial charge in [-0.25, -0.2) is 14.5 Å². The molecule has 0 aliphatic carbocycles. The number of urea groups is 1. The van der Waals surface area contributed by atoms with Crippen LogP contribution in [0.25, 0.3) is 17.1 Å². The predicted octanol–water partition coefficient (Wildman–Crippen LogP) is 7.48. The molecule has 3 aromatic carbocycles. The molecule has 1 saturated heterocycles. The largest absolute Gasteiger partial charge is 0.573 e. The first kappa shape index (κ1) is 31.1. The quantitative estimate of drug-likeness (QED) is 0.208. The van der Waals surface area contributed by atoms with Crippen LogP contribution >= 0.6 is 11.8 Å². The number of amides is 2. The lowest BCUT2D eigenvalue weighted by atomic mass is 10.0. The monoisotopic (exact) mass is 622 g/mol. The molecule has 4 aromatic rings. The highest BCUT2D eigenvalue weighted by Crippen LogP contribution is 2.31. The van der Waals surface area contributed by atoms with Crippen molar-refractivity contribution in [2.75, 3.05) is 17.2 Å². The Morgan fingerprint density at radius 2 is 1.77 bits per heavy atom. The number of alkyl halides is 3. The minimum atomic E-state index is -4.74. The molecule has 8 nitrogen and oxygen atoms in total. The lowest BCUT2D eigenvalue weighted by Crippen LogP contribution is -2.33. The second-order valence-corrected chi connectivity index (χ2v) is 11.7. The third-order valence-electron chi connectivity index (χ3n) is 7.19. The summed E-state index contributed by atoms with van der Waals surface area (Å²) in [5, 5.41) is 8.20. The normalized spacial score (nSPS) is 15.0. The van der Waals surface area contributed by atoms with E-state index in [0.717, 1.165) is 53.5 Å². The van der Waals surface area contributed by atoms with Gasteiger partial charge in [0, 0.05) is 29.6 Å². The van der Waals surface area contributed by atoms with E-state index in [4.69, 9.17) is 0 Å². The van der Waals surface area contributed by atoms with E-state index < -0.39 is 6.36 Å². The van der Waals surface area contributed by atoms with Gasteiger partial charge in [0.1, 0.15) is 12.1 Å². The summed E-state index contributed by atoms with van der Waals surface area (Å²) in [7, 11) is 0. The molecule has 1 fully saturated rings. The lowest BCUT2D eigenvalue weighted by molar-refractivity contribution is -0.274. The summed E-state index contributed by atoms with van der Waals surface area (Å²) in [5.74, 6) is 1.09. The van der Waals surface area contributed by atoms with Crippen molar-refractivity contribution in [3.05, 3.63) is 89.7 Å². The first-order chi connectivity index (χ1) is 21.1. The van der Waals surface area contributed by atoms with E-state index in [1.54, 1.807) is 11.8 Å². The molecule has 0 radical (unpaired) electrons. The number of aliphatic imine (C=N–C) groups is 1. The minimum absolute atomic E-state index is 0.0200. The van der Waals surface area contributed by atoms with Crippen LogP contribution in [0, 0.1) is 13.8 Å². The highest BCUT2D eigenvalue weighted by atomic mass is 32.2. The number of halogens is 3. The number of carbonyl (C=O) groups is 1. The van der Waals surface area contributed by atoms with Crippen LogP contribution in [0.2, 0.25) is 0 Å². The molecule has 1 N–H and O–H groups in total. The van der Waals surface area contributed by atoms with Crippen molar-refractivity contribution in [2.24, 2.45) is 4.99 Å². The zero-order valence-corrected chi connectivity index (χ0v) is 25.5. The van der Waals surface area contributed by atoms with Gasteiger partial charge in [0.2, 0.25) is 0 Å². The van der Waals surface area contributed by atoms with Crippen LogP contribution in [-0.4, -0.2) is 50.7 Å². The van der Waals surface area contributed by atoms with Gasteiger partial charge in [-0.3, -0.25) is 0 Å². The third kappa shape index (κ3) is 7.98. The highest BCUT2D eigenvalue weighted by Gasteiger charge is 2.31. The van der Waals surface area contributed by atoms with Crippen molar-refractivity contribution in [2.45, 2.75) is 52.4 Å². The average molecular weight is 623 g/mol. The second-order valence-electron chi connectivity index (χ2n) is 10.6. The van der Waals surface area contributed by atoms with Gasteiger partial charge < -0.3 is 15.0 Å². The standard InChI is InChI=1S/C32H33F3N6O2S/c1-21-6-4-7-22(2)28(21)40-18-19-44-31(40)38-30(42)37-23(3)8-5-9-24-10-12-25(13-11-24)29-36-20-41(39-29)26-14-16-27(17-15-26)43-32(33,34)35/h4,6-7,10-17,20,23H,5,8-9,18-19H2,1-3H3,(H,37,42). The Labute approximate surface area is 258 Å². The van der Waals surface area contributed by atoms with Crippen LogP contribution in [0.5, 0.6) is 5.75 Å². The van der Waals surface area contributed by atoms with Crippen LogP contribution in [-0.2, 0) is 6.42 Å². The molecule has 0 saturated carbocycles. The van der Waals surface area contributed by atoms with E-state index in [1.807, 2.05) is 37.3 Å². The highest BCUT2D eigenvalue weighted by molar-refractivity contribution is 8.14. The van der Waals surface area contributed by atoms with Gasteiger partial charge in [0.25, 0.3) is 0 Å². The van der Waals surface area contributed by atoms with Crippen molar-refractivity contribution < 1.29 is 22.7 Å². The number of aryl methyl sites for hydroxylation is 3. The topological polar surface area (TPSA) is 84.6 Å². The molecule has 12 heteroatoms. The van der Waals surface area contributed by atoms with Crippen LogP contribution in [0.4, 0.5) is 23.7 Å². The van der Waals surface area contributed by atoms with Crippen molar-refractivity contribution in [3.8, 4) is 22.8 Å². The number of hydrogen-bond acceptors (Lipinski definition) is 5. The van der Waals surface area contributed by atoms with Gasteiger partial charge in [-0.2, -0.15) is 4.99 Å². The summed E-state index contributed by atoms with van der Waals surface area (Å²) < 4.78 is 42.6. The summed E-state index contributed by atoms with van der Waals surface area (Å²) in [6.45, 7) is 6.97. The fraction of sp³-hybridized carbons (Fsp3) is 0.312. The minimum Gasteiger partial charge on any atom is -0.406 e. The Hall–Kier alpha value is -4.32. The van der Waals surface area contributed by atoms with Gasteiger partial charge in [-0.1, -0.05) is 54.2 Å². The second kappa shape index (κ2) is 13.5. The number of thioether (sulfide) groups is 1. The molecule has 2 heterocycles. The molecule has 1 atom stereocenters. The maximum absolute atomic E-state index is 12.7. The first-order valence-electron chi connectivity index (χ1n) is 14.3. The van der Waals surface area contributed by atoms with Crippen molar-refractivity contribution in [1.29, 1.82) is 0 Å². The number of aromatic nitrogens is 3. The summed E-state index contributed by atoms with van der Waals surface area (Å²) in [6.07, 6.45) is -0.682. The molecule has 1 unspecified atom stereocenters. The van der Waals surface area contributed by atoms with E-state index in [0.29, 0.717) is 11.5 Å². The molecular formula is C32H33F3N6O2S. The number of nitrogens with one attached hydrogen (secondary N) is 1. The Bertz CT molecular complexity index is 1600. The molecule has 230 valence electrons. The summed E-state index contributed by atoms with van der Waals surface area (Å²) >= 11 is 1.60. The number of benzene rings is 3. The number of para-hydroxylation sites is 1. The molecule has 0 bridgehead atoms. The van der Waals surface area contributed by atoms with Crippen LogP contribution in [0.15, 0.2) is 78.0 Å². The van der Waals surface area contributed by atoms with Crippen LogP contribution < -0.4 is 15.0 Å². The third-order valence-corrected chi connectivity index (χ3v) is 8.15. The molecule has 5 rings (SSSR count). The summed E-state index contributed by atoms with van der Waals surface area (Å²) in [5.41, 5.74) is 5.99. The van der Waals surface area contributed by atoms with E-state index in [9.17, 15) is 18.0 Å². The SMILES string of the molecule is Cc1cccc(C)c1N1CCSC1=NC(=O)NC(C)CCCc1ccc(-c2ncn(-c3ccc(OC(F)(F)F)cc3)n2)cc1. The van der Waals surface area contributed by atoms with Crippen LogP contribution in [0.1, 0.15) is 36.5 Å². The van der Waals surface area contributed by atoms with Crippen LogP contribution in [0.3, 0.4) is 0 Å². The van der Waals surface area contributed by atoms with Gasteiger partial charge in [-0.15, -0.1) is 18.3 Å². The Morgan fingerprint density at radius 3 is 2.45 bits per heavy atom. The number of nitrogens with zero attached hydrogens (tertiary/aromatic N) is 5. The number of amidine groups is 1. The van der Waals surface area contributed by atoms with Crippen molar-refractivity contribution in [3.63, 3.8) is 0 Å². The number of carbonyl (C=O) groups excluding carboxylic acids is 1. The Kier molecular flexibility index (Phi) is 9.58. The number of rotatable bonds is 9. The smallest absolute Gasteiger partial charge is 0.406 e. The van der Waals surface area contributed by atoms with E-state index >= 15 is 0 Å². The fourth-order valence-electron chi connectivity index (χ4n) is 5.09. The maximum atomic E-state index is 12.7. The lowest BCUT2D eigenvalue weighted by Gasteiger charge is -2.22. The summed E-state index contributed by atoms with van der Waals surface area (Å²) in [4.78, 5) is 23.6.